The van der Waals surface area contributed by atoms with Crippen LogP contribution in [0.2, 0.25) is 0 Å². The highest BCUT2D eigenvalue weighted by Crippen LogP contribution is 2.37. The standard InChI is InChI=1S/C22H19BrN4O3S2/c1-13(30-17-6-4-15(23)5-7-17)20-25-26-22(27(20)2)32-11-16-10-31-21(24-16)14-3-8-18-19(9-14)29-12-28-18/h3-10,13H,11-12H2,1-2H3. The molecule has 0 fully saturated rings. The van der Waals surface area contributed by atoms with Gasteiger partial charge in [-0.2, -0.15) is 0 Å². The second-order valence-electron chi connectivity index (χ2n) is 7.11. The molecule has 3 heterocycles. The molecule has 32 heavy (non-hydrogen) atoms. The summed E-state index contributed by atoms with van der Waals surface area (Å²) in [6.07, 6.45) is -0.222. The van der Waals surface area contributed by atoms with Crippen LogP contribution < -0.4 is 14.2 Å². The molecule has 5 rings (SSSR count). The minimum Gasteiger partial charge on any atom is -0.483 e. The summed E-state index contributed by atoms with van der Waals surface area (Å²) in [7, 11) is 1.96. The van der Waals surface area contributed by atoms with E-state index in [9.17, 15) is 0 Å². The SMILES string of the molecule is CC(Oc1ccc(Br)cc1)c1nnc(SCc2csc(-c3ccc4c(c3)OCO4)n2)n1C. The number of thioether (sulfide) groups is 1. The van der Waals surface area contributed by atoms with E-state index < -0.39 is 0 Å². The molecule has 2 aromatic heterocycles. The minimum absolute atomic E-state index is 0.222. The molecule has 1 aliphatic rings. The van der Waals surface area contributed by atoms with Gasteiger partial charge in [0.1, 0.15) is 10.8 Å². The summed E-state index contributed by atoms with van der Waals surface area (Å²) in [4.78, 5) is 4.77. The number of hydrogen-bond acceptors (Lipinski definition) is 8. The number of nitrogens with zero attached hydrogens (tertiary/aromatic N) is 4. The first-order valence-electron chi connectivity index (χ1n) is 9.85. The first-order valence-corrected chi connectivity index (χ1v) is 12.5. The molecule has 0 radical (unpaired) electrons. The average Bonchev–Trinajstić information content (AvgIpc) is 3.53. The van der Waals surface area contributed by atoms with E-state index in [1.165, 1.54) is 0 Å². The summed E-state index contributed by atoms with van der Waals surface area (Å²) < 4.78 is 19.8. The molecule has 7 nitrogen and oxygen atoms in total. The van der Waals surface area contributed by atoms with Crippen LogP contribution in [0.3, 0.4) is 0 Å². The lowest BCUT2D eigenvalue weighted by Crippen LogP contribution is -2.10. The van der Waals surface area contributed by atoms with E-state index in [4.69, 9.17) is 19.2 Å². The number of halogens is 1. The van der Waals surface area contributed by atoms with Crippen molar-refractivity contribution in [1.29, 1.82) is 0 Å². The van der Waals surface area contributed by atoms with E-state index in [0.29, 0.717) is 5.75 Å². The predicted octanol–water partition coefficient (Wildman–Crippen LogP) is 5.86. The van der Waals surface area contributed by atoms with Crippen LogP contribution in [0.25, 0.3) is 10.6 Å². The van der Waals surface area contributed by atoms with E-state index in [-0.39, 0.29) is 12.9 Å². The molecule has 0 bridgehead atoms. The van der Waals surface area contributed by atoms with Gasteiger partial charge in [-0.15, -0.1) is 21.5 Å². The maximum Gasteiger partial charge on any atom is 0.231 e. The van der Waals surface area contributed by atoms with Crippen LogP contribution in [0.1, 0.15) is 24.5 Å². The summed E-state index contributed by atoms with van der Waals surface area (Å²) in [5.41, 5.74) is 2.02. The first kappa shape index (κ1) is 21.3. The van der Waals surface area contributed by atoms with Crippen LogP contribution in [-0.4, -0.2) is 26.5 Å². The number of benzene rings is 2. The van der Waals surface area contributed by atoms with Crippen LogP contribution in [0.4, 0.5) is 0 Å². The van der Waals surface area contributed by atoms with Crippen molar-refractivity contribution in [2.75, 3.05) is 6.79 Å². The minimum atomic E-state index is -0.222. The smallest absolute Gasteiger partial charge is 0.231 e. The lowest BCUT2D eigenvalue weighted by atomic mass is 10.2. The molecule has 1 aliphatic heterocycles. The monoisotopic (exact) mass is 530 g/mol. The van der Waals surface area contributed by atoms with Crippen molar-refractivity contribution < 1.29 is 14.2 Å². The van der Waals surface area contributed by atoms with Crippen LogP contribution in [-0.2, 0) is 12.8 Å². The molecule has 0 aliphatic carbocycles. The largest absolute Gasteiger partial charge is 0.483 e. The number of hydrogen-bond donors (Lipinski definition) is 0. The summed E-state index contributed by atoms with van der Waals surface area (Å²) in [6, 6.07) is 13.6. The topological polar surface area (TPSA) is 71.3 Å². The molecule has 10 heteroatoms. The Morgan fingerprint density at radius 1 is 1.16 bits per heavy atom. The number of fused-ring (bicyclic) bond motifs is 1. The fraction of sp³-hybridized carbons (Fsp3) is 0.227. The second-order valence-corrected chi connectivity index (χ2v) is 9.83. The van der Waals surface area contributed by atoms with E-state index in [2.05, 4.69) is 31.5 Å². The lowest BCUT2D eigenvalue weighted by Gasteiger charge is -2.14. The second kappa shape index (κ2) is 9.13. The fourth-order valence-electron chi connectivity index (χ4n) is 3.25. The van der Waals surface area contributed by atoms with Gasteiger partial charge in [0.05, 0.1) is 5.69 Å². The molecule has 164 valence electrons. The Balaban J connectivity index is 1.23. The van der Waals surface area contributed by atoms with E-state index in [1.807, 2.05) is 61.0 Å². The Kier molecular flexibility index (Phi) is 6.07. The van der Waals surface area contributed by atoms with Crippen molar-refractivity contribution in [2.24, 2.45) is 7.05 Å². The third-order valence-corrected chi connectivity index (χ3v) is 7.40. The quantitative estimate of drug-likeness (QED) is 0.277. The summed E-state index contributed by atoms with van der Waals surface area (Å²) in [6.45, 7) is 2.24. The maximum absolute atomic E-state index is 6.01. The Morgan fingerprint density at radius 2 is 1.97 bits per heavy atom. The first-order chi connectivity index (χ1) is 15.6. The van der Waals surface area contributed by atoms with Gasteiger partial charge in [0.15, 0.2) is 28.6 Å². The van der Waals surface area contributed by atoms with Crippen LogP contribution in [0.5, 0.6) is 17.2 Å². The van der Waals surface area contributed by atoms with Crippen molar-refractivity contribution in [3.63, 3.8) is 0 Å². The van der Waals surface area contributed by atoms with Gasteiger partial charge in [0.2, 0.25) is 6.79 Å². The Bertz CT molecular complexity index is 1240. The highest BCUT2D eigenvalue weighted by molar-refractivity contribution is 9.10. The van der Waals surface area contributed by atoms with Crippen molar-refractivity contribution in [3.05, 3.63) is 63.8 Å². The molecule has 1 atom stereocenters. The zero-order valence-corrected chi connectivity index (χ0v) is 20.5. The number of aromatic nitrogens is 4. The highest BCUT2D eigenvalue weighted by atomic mass is 79.9. The van der Waals surface area contributed by atoms with Gasteiger partial charge >= 0.3 is 0 Å². The van der Waals surface area contributed by atoms with Crippen LogP contribution in [0, 0.1) is 0 Å². The van der Waals surface area contributed by atoms with Gasteiger partial charge in [-0.3, -0.25) is 0 Å². The van der Waals surface area contributed by atoms with Crippen LogP contribution in [0.15, 0.2) is 57.5 Å². The Hall–Kier alpha value is -2.56. The molecule has 0 N–H and O–H groups in total. The van der Waals surface area contributed by atoms with E-state index in [0.717, 1.165) is 49.0 Å². The fourth-order valence-corrected chi connectivity index (χ4v) is 5.25. The van der Waals surface area contributed by atoms with Gasteiger partial charge in [-0.05, 0) is 49.4 Å². The highest BCUT2D eigenvalue weighted by Gasteiger charge is 2.18. The molecular weight excluding hydrogens is 512 g/mol. The molecule has 1 unspecified atom stereocenters. The van der Waals surface area contributed by atoms with Gasteiger partial charge in [-0.25, -0.2) is 4.98 Å². The summed E-state index contributed by atoms with van der Waals surface area (Å²) >= 11 is 6.65. The number of thiazole rings is 1. The summed E-state index contributed by atoms with van der Waals surface area (Å²) in [5, 5.41) is 12.5. The third-order valence-electron chi connectivity index (χ3n) is 4.88. The normalized spacial score (nSPS) is 13.3. The van der Waals surface area contributed by atoms with Gasteiger partial charge < -0.3 is 18.8 Å². The third kappa shape index (κ3) is 4.48. The lowest BCUT2D eigenvalue weighted by molar-refractivity contribution is 0.174. The van der Waals surface area contributed by atoms with E-state index >= 15 is 0 Å². The molecule has 4 aromatic rings. The summed E-state index contributed by atoms with van der Waals surface area (Å²) in [5.74, 6) is 3.80. The molecule has 0 spiro atoms. The zero-order valence-electron chi connectivity index (χ0n) is 17.3. The van der Waals surface area contributed by atoms with Crippen molar-refractivity contribution in [2.45, 2.75) is 23.9 Å². The predicted molar refractivity (Wildman–Crippen MR) is 127 cm³/mol. The average molecular weight is 531 g/mol. The van der Waals surface area contributed by atoms with Gasteiger partial charge in [0, 0.05) is 28.2 Å². The Morgan fingerprint density at radius 3 is 2.81 bits per heavy atom. The van der Waals surface area contributed by atoms with Gasteiger partial charge in [0.25, 0.3) is 0 Å². The molecule has 0 saturated carbocycles. The Labute approximate surface area is 201 Å². The van der Waals surface area contributed by atoms with Crippen LogP contribution >= 0.6 is 39.0 Å². The zero-order chi connectivity index (χ0) is 22.1. The molecular formula is C22H19BrN4O3S2. The molecule has 0 amide bonds. The molecule has 0 saturated heterocycles. The van der Waals surface area contributed by atoms with Crippen molar-refractivity contribution in [1.82, 2.24) is 19.7 Å². The van der Waals surface area contributed by atoms with E-state index in [1.54, 1.807) is 23.1 Å². The maximum atomic E-state index is 6.01. The molecule has 2 aromatic carbocycles. The van der Waals surface area contributed by atoms with Crippen molar-refractivity contribution in [3.8, 4) is 27.8 Å². The number of ether oxygens (including phenoxy) is 3. The number of rotatable bonds is 7. The van der Waals surface area contributed by atoms with Crippen molar-refractivity contribution >= 4 is 39.0 Å². The van der Waals surface area contributed by atoms with Gasteiger partial charge in [-0.1, -0.05) is 27.7 Å².